The van der Waals surface area contributed by atoms with Crippen LogP contribution in [0.15, 0.2) is 12.1 Å². The van der Waals surface area contributed by atoms with E-state index in [0.29, 0.717) is 6.42 Å². The Kier molecular flexibility index (Phi) is 8.29. The highest BCUT2D eigenvalue weighted by atomic mass is 31.2. The maximum Gasteiger partial charge on any atom is 0.414 e. The molecule has 204 valence electrons. The van der Waals surface area contributed by atoms with Crippen LogP contribution in [0.2, 0.25) is 0 Å². The molecular formula is C25H29F2N4O6P. The molecule has 1 N–H and O–H groups in total. The zero-order valence-electron chi connectivity index (χ0n) is 21.0. The van der Waals surface area contributed by atoms with Crippen LogP contribution in [0.1, 0.15) is 26.2 Å². The van der Waals surface area contributed by atoms with Gasteiger partial charge in [0, 0.05) is 51.5 Å². The number of nitrogens with one attached hydrogen (secondary N) is 1. The van der Waals surface area contributed by atoms with Crippen molar-refractivity contribution in [2.45, 2.75) is 37.8 Å². The molecule has 1 aromatic carbocycles. The van der Waals surface area contributed by atoms with Crippen LogP contribution in [-0.4, -0.2) is 74.3 Å². The van der Waals surface area contributed by atoms with Crippen molar-refractivity contribution >= 4 is 31.1 Å². The van der Waals surface area contributed by atoms with Crippen molar-refractivity contribution in [2.75, 3.05) is 55.7 Å². The van der Waals surface area contributed by atoms with Gasteiger partial charge in [-0.1, -0.05) is 0 Å². The standard InChI is InChI=1S/C25H29F2N4O6P/c1-4-7-25(8-5-2)17-29(9-10-31(25)38(34)35-11-6-12-36-38)23-21(26)13-19(14-22(23)27)30-16-20(37-24(30)33)15-28-18(3)32/h1-2,13-14,20H,6-12,15-17H2,3H3,(H,28,32). The highest BCUT2D eigenvalue weighted by molar-refractivity contribution is 7.51. The smallest absolute Gasteiger partial charge is 0.414 e. The summed E-state index contributed by atoms with van der Waals surface area (Å²) in [5.41, 5.74) is -1.47. The highest BCUT2D eigenvalue weighted by Crippen LogP contribution is 2.59. The number of rotatable bonds is 7. The van der Waals surface area contributed by atoms with Gasteiger partial charge >= 0.3 is 13.8 Å². The molecule has 0 spiro atoms. The molecule has 3 heterocycles. The van der Waals surface area contributed by atoms with E-state index in [9.17, 15) is 14.2 Å². The van der Waals surface area contributed by atoms with Crippen molar-refractivity contribution in [1.29, 1.82) is 0 Å². The van der Waals surface area contributed by atoms with E-state index in [1.54, 1.807) is 0 Å². The number of amides is 2. The lowest BCUT2D eigenvalue weighted by Crippen LogP contribution is -2.61. The van der Waals surface area contributed by atoms with Crippen LogP contribution in [0.25, 0.3) is 0 Å². The normalized spacial score (nSPS) is 22.9. The fourth-order valence-corrected chi connectivity index (χ4v) is 7.11. The van der Waals surface area contributed by atoms with Crippen LogP contribution in [0.3, 0.4) is 0 Å². The number of halogens is 2. The largest absolute Gasteiger partial charge is 0.442 e. The van der Waals surface area contributed by atoms with E-state index in [-0.39, 0.29) is 76.1 Å². The van der Waals surface area contributed by atoms with Crippen LogP contribution in [0.5, 0.6) is 0 Å². The Labute approximate surface area is 220 Å². The summed E-state index contributed by atoms with van der Waals surface area (Å²) in [6.07, 6.45) is 10.5. The van der Waals surface area contributed by atoms with Crippen LogP contribution >= 0.6 is 7.75 Å². The summed E-state index contributed by atoms with van der Waals surface area (Å²) in [5, 5.41) is 2.55. The molecule has 2 amide bonds. The second kappa shape index (κ2) is 11.3. The van der Waals surface area contributed by atoms with Gasteiger partial charge in [-0.25, -0.2) is 18.1 Å². The Balaban J connectivity index is 1.60. The number of hydrogen-bond acceptors (Lipinski definition) is 7. The third-order valence-electron chi connectivity index (χ3n) is 6.65. The summed E-state index contributed by atoms with van der Waals surface area (Å²) < 4.78 is 62.3. The minimum absolute atomic E-state index is 0.0126. The Morgan fingerprint density at radius 2 is 1.82 bits per heavy atom. The quantitative estimate of drug-likeness (QED) is 0.409. The summed E-state index contributed by atoms with van der Waals surface area (Å²) in [6.45, 7) is 2.04. The third-order valence-corrected chi connectivity index (χ3v) is 8.89. The van der Waals surface area contributed by atoms with E-state index in [1.807, 2.05) is 0 Å². The average Bonchev–Trinajstić information content (AvgIpc) is 3.23. The molecule has 3 saturated heterocycles. The number of piperazine rings is 1. The van der Waals surface area contributed by atoms with Crippen molar-refractivity contribution in [3.8, 4) is 24.7 Å². The number of anilines is 2. The first-order chi connectivity index (χ1) is 18.1. The summed E-state index contributed by atoms with van der Waals surface area (Å²) >= 11 is 0. The molecule has 0 radical (unpaired) electrons. The number of cyclic esters (lactones) is 1. The molecular weight excluding hydrogens is 521 g/mol. The van der Waals surface area contributed by atoms with Crippen molar-refractivity contribution in [3.63, 3.8) is 0 Å². The van der Waals surface area contributed by atoms with Crippen molar-refractivity contribution in [1.82, 2.24) is 9.99 Å². The van der Waals surface area contributed by atoms with Gasteiger partial charge in [-0.3, -0.25) is 18.7 Å². The zero-order chi connectivity index (χ0) is 27.5. The molecule has 0 bridgehead atoms. The first-order valence-corrected chi connectivity index (χ1v) is 13.6. The summed E-state index contributed by atoms with van der Waals surface area (Å²) in [7, 11) is -3.72. The van der Waals surface area contributed by atoms with Crippen LogP contribution in [0, 0.1) is 36.3 Å². The lowest BCUT2D eigenvalue weighted by molar-refractivity contribution is -0.119. The first kappa shape index (κ1) is 27.9. The Hall–Kier alpha value is -3.15. The first-order valence-electron chi connectivity index (χ1n) is 12.1. The zero-order valence-corrected chi connectivity index (χ0v) is 21.8. The molecule has 3 aliphatic rings. The maximum absolute atomic E-state index is 15.5. The van der Waals surface area contributed by atoms with Gasteiger partial charge in [0.25, 0.3) is 0 Å². The molecule has 1 unspecified atom stereocenters. The van der Waals surface area contributed by atoms with E-state index in [2.05, 4.69) is 17.2 Å². The van der Waals surface area contributed by atoms with Crippen LogP contribution in [-0.2, 0) is 23.1 Å². The van der Waals surface area contributed by atoms with Gasteiger partial charge in [0.05, 0.1) is 37.5 Å². The molecule has 0 aliphatic carbocycles. The molecule has 0 saturated carbocycles. The van der Waals surface area contributed by atoms with Gasteiger partial charge in [0.1, 0.15) is 11.8 Å². The Morgan fingerprint density at radius 1 is 1.18 bits per heavy atom. The second-order valence-electron chi connectivity index (χ2n) is 9.33. The summed E-state index contributed by atoms with van der Waals surface area (Å²) in [6, 6.07) is 2.10. The number of nitrogens with zero attached hydrogens (tertiary/aromatic N) is 3. The SMILES string of the molecule is C#CCC1(CC#C)CN(c2c(F)cc(N3CC(CNC(C)=O)OC3=O)cc2F)CCN1P1(=O)OCCCO1. The van der Waals surface area contributed by atoms with Crippen molar-refractivity contribution < 1.29 is 36.7 Å². The molecule has 3 aliphatic heterocycles. The Bertz CT molecular complexity index is 1180. The predicted molar refractivity (Wildman–Crippen MR) is 135 cm³/mol. The van der Waals surface area contributed by atoms with E-state index in [1.165, 1.54) is 16.5 Å². The molecule has 4 rings (SSSR count). The number of carbonyl (C=O) groups excluding carboxylic acids is 2. The predicted octanol–water partition coefficient (Wildman–Crippen LogP) is 2.88. The van der Waals surface area contributed by atoms with Gasteiger partial charge in [0.2, 0.25) is 5.91 Å². The van der Waals surface area contributed by atoms with Crippen LogP contribution in [0.4, 0.5) is 25.0 Å². The van der Waals surface area contributed by atoms with Crippen molar-refractivity contribution in [3.05, 3.63) is 23.8 Å². The number of ether oxygens (including phenoxy) is 1. The van der Waals surface area contributed by atoms with E-state index >= 15 is 8.78 Å². The number of benzene rings is 1. The van der Waals surface area contributed by atoms with Crippen molar-refractivity contribution in [2.24, 2.45) is 0 Å². The third kappa shape index (κ3) is 5.50. The summed E-state index contributed by atoms with van der Waals surface area (Å²) in [4.78, 5) is 26.0. The maximum atomic E-state index is 15.5. The van der Waals surface area contributed by atoms with Gasteiger partial charge in [-0.05, 0) is 6.42 Å². The summed E-state index contributed by atoms with van der Waals surface area (Å²) in [5.74, 6) is 3.01. The van der Waals surface area contributed by atoms with Crippen LogP contribution < -0.4 is 15.1 Å². The number of hydrogen-bond donors (Lipinski definition) is 1. The van der Waals surface area contributed by atoms with Gasteiger partial charge < -0.3 is 15.0 Å². The monoisotopic (exact) mass is 550 g/mol. The molecule has 1 atom stereocenters. The molecule has 1 aromatic rings. The van der Waals surface area contributed by atoms with Gasteiger partial charge in [-0.15, -0.1) is 24.7 Å². The second-order valence-corrected chi connectivity index (χ2v) is 11.3. The van der Waals surface area contributed by atoms with E-state index in [4.69, 9.17) is 26.6 Å². The number of carbonyl (C=O) groups is 2. The molecule has 3 fully saturated rings. The van der Waals surface area contributed by atoms with Gasteiger partial charge in [0.15, 0.2) is 11.6 Å². The molecule has 0 aromatic heterocycles. The molecule has 10 nitrogen and oxygen atoms in total. The minimum Gasteiger partial charge on any atom is -0.442 e. The highest BCUT2D eigenvalue weighted by Gasteiger charge is 2.52. The Morgan fingerprint density at radius 3 is 2.39 bits per heavy atom. The molecule has 13 heteroatoms. The minimum atomic E-state index is -3.72. The topological polar surface area (TPSA) is 101 Å². The fourth-order valence-electron chi connectivity index (χ4n) is 4.98. The number of terminal acetylenes is 2. The fraction of sp³-hybridized carbons (Fsp3) is 0.520. The lowest BCUT2D eigenvalue weighted by Gasteiger charge is -2.51. The van der Waals surface area contributed by atoms with Gasteiger partial charge in [-0.2, -0.15) is 4.67 Å². The van der Waals surface area contributed by atoms with E-state index < -0.39 is 37.1 Å². The van der Waals surface area contributed by atoms with E-state index in [0.717, 1.165) is 17.0 Å². The molecule has 38 heavy (non-hydrogen) atoms. The lowest BCUT2D eigenvalue weighted by atomic mass is 9.88. The average molecular weight is 550 g/mol.